The molecule has 0 N–H and O–H groups in total. The summed E-state index contributed by atoms with van der Waals surface area (Å²) in [5, 5.41) is 0. The van der Waals surface area contributed by atoms with Crippen LogP contribution >= 0.6 is 0 Å². The number of rotatable bonds is 4. The lowest BCUT2D eigenvalue weighted by Crippen LogP contribution is -1.98. The Morgan fingerprint density at radius 1 is 1.36 bits per heavy atom. The van der Waals surface area contributed by atoms with Gasteiger partial charge in [-0.1, -0.05) is 25.2 Å². The van der Waals surface area contributed by atoms with Crippen LogP contribution in [0.1, 0.15) is 33.6 Å². The second kappa shape index (κ2) is 5.90. The van der Waals surface area contributed by atoms with Gasteiger partial charge in [0.05, 0.1) is 0 Å². The zero-order chi connectivity index (χ0) is 8.69. The van der Waals surface area contributed by atoms with Crippen molar-refractivity contribution in [1.82, 2.24) is 0 Å². The van der Waals surface area contributed by atoms with E-state index in [4.69, 9.17) is 0 Å². The molecule has 0 aromatic rings. The maximum Gasteiger partial charge on any atom is 0.162 e. The molecule has 0 aliphatic carbocycles. The lowest BCUT2D eigenvalue weighted by atomic mass is 10.1. The molecule has 62 valence electrons. The fraction of sp³-hybridized carbons (Fsp3) is 0.500. The van der Waals surface area contributed by atoms with Gasteiger partial charge in [0.25, 0.3) is 0 Å². The first-order valence-electron chi connectivity index (χ1n) is 4.08. The van der Waals surface area contributed by atoms with E-state index in [1.807, 2.05) is 39.0 Å². The Labute approximate surface area is 68.8 Å². The van der Waals surface area contributed by atoms with E-state index in [0.29, 0.717) is 6.42 Å². The lowest BCUT2D eigenvalue weighted by Gasteiger charge is -1.97. The summed E-state index contributed by atoms with van der Waals surface area (Å²) in [6, 6.07) is 0. The van der Waals surface area contributed by atoms with Gasteiger partial charge in [-0.15, -0.1) is 0 Å². The van der Waals surface area contributed by atoms with Gasteiger partial charge in [-0.05, 0) is 20.3 Å². The van der Waals surface area contributed by atoms with Gasteiger partial charge in [-0.25, -0.2) is 0 Å². The average molecular weight is 152 g/mol. The maximum atomic E-state index is 11.2. The minimum atomic E-state index is 0.244. The Kier molecular flexibility index (Phi) is 5.44. The summed E-state index contributed by atoms with van der Waals surface area (Å²) < 4.78 is 0. The Bertz CT molecular complexity index is 175. The first kappa shape index (κ1) is 10.2. The van der Waals surface area contributed by atoms with E-state index in [2.05, 4.69) is 0 Å². The SMILES string of the molecule is CC=CC(=CC)C(=O)CCC. The summed E-state index contributed by atoms with van der Waals surface area (Å²) >= 11 is 0. The smallest absolute Gasteiger partial charge is 0.162 e. The third-order valence-electron chi connectivity index (χ3n) is 1.46. The number of hydrogen-bond acceptors (Lipinski definition) is 1. The van der Waals surface area contributed by atoms with E-state index in [0.717, 1.165) is 12.0 Å². The predicted octanol–water partition coefficient (Wildman–Crippen LogP) is 2.88. The Hall–Kier alpha value is -0.850. The summed E-state index contributed by atoms with van der Waals surface area (Å²) in [5.41, 5.74) is 0.828. The maximum absolute atomic E-state index is 11.2. The average Bonchev–Trinajstić information content (AvgIpc) is 2.00. The number of ketones is 1. The van der Waals surface area contributed by atoms with Crippen molar-refractivity contribution < 1.29 is 4.79 Å². The van der Waals surface area contributed by atoms with Crippen LogP contribution in [0.15, 0.2) is 23.8 Å². The lowest BCUT2D eigenvalue weighted by molar-refractivity contribution is -0.115. The van der Waals surface area contributed by atoms with Crippen molar-refractivity contribution in [2.45, 2.75) is 33.6 Å². The largest absolute Gasteiger partial charge is 0.294 e. The number of allylic oxidation sites excluding steroid dienone is 4. The fourth-order valence-corrected chi connectivity index (χ4v) is 0.901. The van der Waals surface area contributed by atoms with Gasteiger partial charge in [0, 0.05) is 12.0 Å². The number of hydrogen-bond donors (Lipinski definition) is 0. The molecule has 0 amide bonds. The fourth-order valence-electron chi connectivity index (χ4n) is 0.901. The van der Waals surface area contributed by atoms with E-state index >= 15 is 0 Å². The summed E-state index contributed by atoms with van der Waals surface area (Å²) in [6.45, 7) is 5.83. The quantitative estimate of drug-likeness (QED) is 0.447. The second-order valence-electron chi connectivity index (χ2n) is 2.42. The van der Waals surface area contributed by atoms with Crippen molar-refractivity contribution in [2.24, 2.45) is 0 Å². The van der Waals surface area contributed by atoms with Crippen molar-refractivity contribution in [3.63, 3.8) is 0 Å². The van der Waals surface area contributed by atoms with E-state index in [9.17, 15) is 4.79 Å². The highest BCUT2D eigenvalue weighted by molar-refractivity contribution is 5.97. The van der Waals surface area contributed by atoms with Crippen LogP contribution in [0.3, 0.4) is 0 Å². The molecule has 11 heavy (non-hydrogen) atoms. The van der Waals surface area contributed by atoms with Crippen molar-refractivity contribution in [3.05, 3.63) is 23.8 Å². The topological polar surface area (TPSA) is 17.1 Å². The summed E-state index contributed by atoms with van der Waals surface area (Å²) in [4.78, 5) is 11.2. The number of carbonyl (C=O) groups is 1. The van der Waals surface area contributed by atoms with Crippen molar-refractivity contribution in [1.29, 1.82) is 0 Å². The number of carbonyl (C=O) groups excluding carboxylic acids is 1. The molecular weight excluding hydrogens is 136 g/mol. The van der Waals surface area contributed by atoms with Crippen LogP contribution in [0.25, 0.3) is 0 Å². The van der Waals surface area contributed by atoms with Gasteiger partial charge in [-0.3, -0.25) is 4.79 Å². The molecule has 1 heteroatoms. The molecule has 0 rings (SSSR count). The minimum Gasteiger partial charge on any atom is -0.294 e. The van der Waals surface area contributed by atoms with Gasteiger partial charge >= 0.3 is 0 Å². The van der Waals surface area contributed by atoms with Gasteiger partial charge in [0.1, 0.15) is 0 Å². The summed E-state index contributed by atoms with van der Waals surface area (Å²) in [5.74, 6) is 0.244. The van der Waals surface area contributed by atoms with Crippen LogP contribution in [0.5, 0.6) is 0 Å². The predicted molar refractivity (Wildman–Crippen MR) is 48.5 cm³/mol. The van der Waals surface area contributed by atoms with Gasteiger partial charge in [-0.2, -0.15) is 0 Å². The second-order valence-corrected chi connectivity index (χ2v) is 2.42. The van der Waals surface area contributed by atoms with Crippen molar-refractivity contribution in [2.75, 3.05) is 0 Å². The molecule has 0 aromatic carbocycles. The van der Waals surface area contributed by atoms with Crippen LogP contribution in [0.2, 0.25) is 0 Å². The zero-order valence-electron chi connectivity index (χ0n) is 7.55. The third kappa shape index (κ3) is 3.76. The normalized spacial score (nSPS) is 12.5. The van der Waals surface area contributed by atoms with Gasteiger partial charge in [0.15, 0.2) is 5.78 Å². The van der Waals surface area contributed by atoms with Crippen molar-refractivity contribution in [3.8, 4) is 0 Å². The van der Waals surface area contributed by atoms with Crippen LogP contribution in [0, 0.1) is 0 Å². The number of Topliss-reactive ketones (excluding diaryl/α,β-unsaturated/α-hetero) is 1. The minimum absolute atomic E-state index is 0.244. The van der Waals surface area contributed by atoms with Gasteiger partial charge in [0.2, 0.25) is 0 Å². The molecule has 0 aliphatic heterocycles. The first-order chi connectivity index (χ1) is 5.26. The molecule has 0 fully saturated rings. The highest BCUT2D eigenvalue weighted by Gasteiger charge is 2.01. The van der Waals surface area contributed by atoms with E-state index in [-0.39, 0.29) is 5.78 Å². The van der Waals surface area contributed by atoms with Crippen LogP contribution in [0.4, 0.5) is 0 Å². The molecule has 0 saturated heterocycles. The standard InChI is InChI=1S/C10H16O/c1-4-7-9(6-3)10(11)8-5-2/h4,6-7H,5,8H2,1-3H3. The Morgan fingerprint density at radius 3 is 2.36 bits per heavy atom. The monoisotopic (exact) mass is 152 g/mol. The van der Waals surface area contributed by atoms with Crippen LogP contribution in [-0.4, -0.2) is 5.78 Å². The zero-order valence-corrected chi connectivity index (χ0v) is 7.55. The molecule has 0 spiro atoms. The summed E-state index contributed by atoms with van der Waals surface area (Å²) in [7, 11) is 0. The van der Waals surface area contributed by atoms with Gasteiger partial charge < -0.3 is 0 Å². The van der Waals surface area contributed by atoms with Crippen LogP contribution in [-0.2, 0) is 4.79 Å². The first-order valence-corrected chi connectivity index (χ1v) is 4.08. The molecule has 0 aliphatic rings. The molecule has 0 saturated carbocycles. The Morgan fingerprint density at radius 2 is 2.00 bits per heavy atom. The molecule has 0 unspecified atom stereocenters. The molecule has 0 bridgehead atoms. The highest BCUT2D eigenvalue weighted by Crippen LogP contribution is 2.03. The van der Waals surface area contributed by atoms with Crippen LogP contribution < -0.4 is 0 Å². The molecule has 1 nitrogen and oxygen atoms in total. The van der Waals surface area contributed by atoms with E-state index < -0.39 is 0 Å². The van der Waals surface area contributed by atoms with E-state index in [1.54, 1.807) is 0 Å². The summed E-state index contributed by atoms with van der Waals surface area (Å²) in [6.07, 6.45) is 7.19. The molecule has 0 heterocycles. The molecule has 0 radical (unpaired) electrons. The van der Waals surface area contributed by atoms with E-state index in [1.165, 1.54) is 0 Å². The molecule has 0 aromatic heterocycles. The van der Waals surface area contributed by atoms with Crippen molar-refractivity contribution >= 4 is 5.78 Å². The molecule has 0 atom stereocenters. The molecular formula is C10H16O. The third-order valence-corrected chi connectivity index (χ3v) is 1.46. The highest BCUT2D eigenvalue weighted by atomic mass is 16.1. The Balaban J connectivity index is 4.16.